The van der Waals surface area contributed by atoms with Crippen molar-refractivity contribution in [3.63, 3.8) is 0 Å². The average molecular weight is 403 g/mol. The van der Waals surface area contributed by atoms with Gasteiger partial charge in [0.05, 0.1) is 0 Å². The number of hydrogen-bond donors (Lipinski definition) is 0. The minimum atomic E-state index is 0.431. The highest BCUT2D eigenvalue weighted by Gasteiger charge is 2.64. The first kappa shape index (κ1) is 23.7. The second-order valence-electron chi connectivity index (χ2n) is 13.0. The Bertz CT molecular complexity index is 527. The molecule has 0 aromatic rings. The van der Waals surface area contributed by atoms with Gasteiger partial charge in [0.1, 0.15) is 0 Å². The average Bonchev–Trinajstić information content (AvgIpc) is 2.61. The molecule has 0 nitrogen and oxygen atoms in total. The highest BCUT2D eigenvalue weighted by Crippen LogP contribution is 2.71. The molecule has 3 rings (SSSR count). The van der Waals surface area contributed by atoms with Crippen LogP contribution in [0.1, 0.15) is 120 Å². The van der Waals surface area contributed by atoms with E-state index in [4.69, 9.17) is 0 Å². The third-order valence-corrected chi connectivity index (χ3v) is 10.9. The van der Waals surface area contributed by atoms with Gasteiger partial charge in [0.2, 0.25) is 0 Å². The molecule has 3 fully saturated rings. The molecular formula is C29H54. The first-order valence-electron chi connectivity index (χ1n) is 13.6. The Labute approximate surface area is 184 Å². The third-order valence-electron chi connectivity index (χ3n) is 10.9. The monoisotopic (exact) mass is 402 g/mol. The zero-order valence-electron chi connectivity index (χ0n) is 21.6. The maximum atomic E-state index is 2.80. The molecule has 3 saturated carbocycles. The van der Waals surface area contributed by atoms with Crippen LogP contribution >= 0.6 is 0 Å². The van der Waals surface area contributed by atoms with Crippen LogP contribution < -0.4 is 0 Å². The lowest BCUT2D eigenvalue weighted by Crippen LogP contribution is -2.63. The minimum absolute atomic E-state index is 0.431. The highest BCUT2D eigenvalue weighted by atomic mass is 14.7. The summed E-state index contributed by atoms with van der Waals surface area (Å²) in [5, 5.41) is 0. The van der Waals surface area contributed by atoms with E-state index in [9.17, 15) is 0 Å². The molecule has 0 amide bonds. The van der Waals surface area contributed by atoms with Gasteiger partial charge < -0.3 is 0 Å². The molecule has 0 radical (unpaired) electrons. The van der Waals surface area contributed by atoms with Gasteiger partial charge in [-0.05, 0) is 83.4 Å². The molecule has 0 heterocycles. The lowest BCUT2D eigenvalue weighted by Gasteiger charge is -2.69. The first-order chi connectivity index (χ1) is 13.6. The molecule has 0 N–H and O–H groups in total. The number of rotatable bonds is 7. The van der Waals surface area contributed by atoms with E-state index < -0.39 is 0 Å². The van der Waals surface area contributed by atoms with Crippen LogP contribution in [-0.4, -0.2) is 0 Å². The van der Waals surface area contributed by atoms with Crippen molar-refractivity contribution in [1.29, 1.82) is 0 Å². The molecule has 0 saturated heterocycles. The van der Waals surface area contributed by atoms with Crippen LogP contribution in [0.3, 0.4) is 0 Å². The van der Waals surface area contributed by atoms with Crippen LogP contribution in [0.15, 0.2) is 0 Å². The molecule has 0 aromatic heterocycles. The van der Waals surface area contributed by atoms with E-state index in [0.29, 0.717) is 10.8 Å². The third kappa shape index (κ3) is 3.86. The van der Waals surface area contributed by atoms with Gasteiger partial charge in [0, 0.05) is 0 Å². The number of fused-ring (bicyclic) bond motifs is 3. The Kier molecular flexibility index (Phi) is 7.23. The van der Waals surface area contributed by atoms with Crippen molar-refractivity contribution in [3.8, 4) is 0 Å². The Morgan fingerprint density at radius 1 is 0.828 bits per heavy atom. The van der Waals surface area contributed by atoms with Gasteiger partial charge in [-0.15, -0.1) is 0 Å². The summed E-state index contributed by atoms with van der Waals surface area (Å²) in [7, 11) is 0. The van der Waals surface area contributed by atoms with Gasteiger partial charge in [0.25, 0.3) is 0 Å². The SMILES string of the molecule is CCCC1C2CCC2C2(C)CC(C(C)C(C)(C)C)C(CC)C(CCC)C2C1CC. The topological polar surface area (TPSA) is 0 Å². The lowest BCUT2D eigenvalue weighted by atomic mass is 9.36. The maximum absolute atomic E-state index is 2.80. The van der Waals surface area contributed by atoms with Crippen LogP contribution in [0.5, 0.6) is 0 Å². The van der Waals surface area contributed by atoms with Crippen molar-refractivity contribution in [1.82, 2.24) is 0 Å². The van der Waals surface area contributed by atoms with E-state index in [2.05, 4.69) is 62.3 Å². The second-order valence-corrected chi connectivity index (χ2v) is 13.0. The van der Waals surface area contributed by atoms with Gasteiger partial charge >= 0.3 is 0 Å². The Morgan fingerprint density at radius 2 is 1.41 bits per heavy atom. The molecule has 0 bridgehead atoms. The van der Waals surface area contributed by atoms with Crippen LogP contribution in [0.2, 0.25) is 0 Å². The first-order valence-corrected chi connectivity index (χ1v) is 13.6. The van der Waals surface area contributed by atoms with Gasteiger partial charge in [0.15, 0.2) is 0 Å². The Hall–Kier alpha value is 0. The summed E-state index contributed by atoms with van der Waals surface area (Å²) in [6.45, 7) is 22.9. The Balaban J connectivity index is 2.05. The van der Waals surface area contributed by atoms with Crippen molar-refractivity contribution in [3.05, 3.63) is 0 Å². The fraction of sp³-hybridized carbons (Fsp3) is 1.00. The largest absolute Gasteiger partial charge is 0.0654 e. The lowest BCUT2D eigenvalue weighted by molar-refractivity contribution is -0.208. The molecule has 170 valence electrons. The summed E-state index contributed by atoms with van der Waals surface area (Å²) in [5.41, 5.74) is 1.05. The zero-order valence-corrected chi connectivity index (χ0v) is 21.6. The molecule has 0 aromatic carbocycles. The summed E-state index contributed by atoms with van der Waals surface area (Å²) in [6.07, 6.45) is 13.2. The van der Waals surface area contributed by atoms with E-state index in [1.807, 2.05) is 0 Å². The summed E-state index contributed by atoms with van der Waals surface area (Å²) >= 11 is 0. The fourth-order valence-corrected chi connectivity index (χ4v) is 9.35. The standard InChI is InChI=1S/C29H54/c1-10-14-22-21(13-4)27-24(15-11-2)20(12-3)25(19(5)28(6,7)8)18-29(27,9)26-17-16-23(22)26/h19-27H,10-18H2,1-9H3. The normalized spacial score (nSPS) is 45.8. The van der Waals surface area contributed by atoms with E-state index in [1.165, 1.54) is 44.9 Å². The maximum Gasteiger partial charge on any atom is -0.0258 e. The molecular weight excluding hydrogens is 348 g/mol. The van der Waals surface area contributed by atoms with Crippen LogP contribution in [0.25, 0.3) is 0 Å². The molecule has 3 aliphatic rings. The van der Waals surface area contributed by atoms with Crippen molar-refractivity contribution in [2.24, 2.45) is 64.1 Å². The minimum Gasteiger partial charge on any atom is -0.0654 e. The summed E-state index contributed by atoms with van der Waals surface area (Å²) in [4.78, 5) is 0. The van der Waals surface area contributed by atoms with Crippen molar-refractivity contribution >= 4 is 0 Å². The molecule has 3 aliphatic carbocycles. The van der Waals surface area contributed by atoms with E-state index in [1.54, 1.807) is 12.8 Å². The fourth-order valence-electron chi connectivity index (χ4n) is 9.35. The summed E-state index contributed by atoms with van der Waals surface area (Å²) in [6, 6.07) is 0. The highest BCUT2D eigenvalue weighted by molar-refractivity contribution is 5.12. The van der Waals surface area contributed by atoms with Gasteiger partial charge in [-0.1, -0.05) is 101 Å². The van der Waals surface area contributed by atoms with E-state index >= 15 is 0 Å². The molecule has 0 heteroatoms. The smallest absolute Gasteiger partial charge is 0.0258 e. The predicted octanol–water partition coefficient (Wildman–Crippen LogP) is 9.24. The van der Waals surface area contributed by atoms with E-state index in [0.717, 1.165) is 53.3 Å². The molecule has 0 aliphatic heterocycles. The van der Waals surface area contributed by atoms with Crippen molar-refractivity contribution < 1.29 is 0 Å². The zero-order chi connectivity index (χ0) is 21.6. The van der Waals surface area contributed by atoms with E-state index in [-0.39, 0.29) is 0 Å². The molecule has 10 atom stereocenters. The van der Waals surface area contributed by atoms with Gasteiger partial charge in [-0.25, -0.2) is 0 Å². The quantitative estimate of drug-likeness (QED) is 0.398. The molecule has 0 spiro atoms. The van der Waals surface area contributed by atoms with Crippen LogP contribution in [0.4, 0.5) is 0 Å². The van der Waals surface area contributed by atoms with Crippen molar-refractivity contribution in [2.45, 2.75) is 120 Å². The molecule has 29 heavy (non-hydrogen) atoms. The summed E-state index contributed by atoms with van der Waals surface area (Å²) in [5.74, 6) is 8.83. The van der Waals surface area contributed by atoms with Crippen molar-refractivity contribution in [2.75, 3.05) is 0 Å². The van der Waals surface area contributed by atoms with Crippen LogP contribution in [0, 0.1) is 64.1 Å². The van der Waals surface area contributed by atoms with Gasteiger partial charge in [-0.2, -0.15) is 0 Å². The predicted molar refractivity (Wildman–Crippen MR) is 129 cm³/mol. The molecule has 10 unspecified atom stereocenters. The summed E-state index contributed by atoms with van der Waals surface area (Å²) < 4.78 is 0. The number of hydrogen-bond acceptors (Lipinski definition) is 0. The van der Waals surface area contributed by atoms with Gasteiger partial charge in [-0.3, -0.25) is 0 Å². The Morgan fingerprint density at radius 3 is 1.86 bits per heavy atom. The second kappa shape index (κ2) is 8.86. The van der Waals surface area contributed by atoms with Crippen LogP contribution in [-0.2, 0) is 0 Å².